The van der Waals surface area contributed by atoms with Crippen LogP contribution in [-0.2, 0) is 0 Å². The Morgan fingerprint density at radius 3 is 2.15 bits per heavy atom. The fourth-order valence-electron chi connectivity index (χ4n) is 2.52. The predicted molar refractivity (Wildman–Crippen MR) is 81.2 cm³/mol. The van der Waals surface area contributed by atoms with Gasteiger partial charge in [0.1, 0.15) is 17.5 Å². The molecular formula is C15H19N5. The van der Waals surface area contributed by atoms with Crippen LogP contribution in [0.5, 0.6) is 0 Å². The Morgan fingerprint density at radius 2 is 1.75 bits per heavy atom. The molecule has 0 aliphatic heterocycles. The van der Waals surface area contributed by atoms with Gasteiger partial charge in [0, 0.05) is 14.1 Å². The van der Waals surface area contributed by atoms with Gasteiger partial charge in [-0.15, -0.1) is 5.10 Å². The first-order chi connectivity index (χ1) is 9.36. The molecule has 1 aromatic heterocycles. The summed E-state index contributed by atoms with van der Waals surface area (Å²) >= 11 is 0. The summed E-state index contributed by atoms with van der Waals surface area (Å²) in [6.07, 6.45) is 0. The average molecular weight is 269 g/mol. The fourth-order valence-corrected chi connectivity index (χ4v) is 2.52. The number of aromatic nitrogens is 2. The Balaban J connectivity index is 2.75. The van der Waals surface area contributed by atoms with Gasteiger partial charge >= 0.3 is 0 Å². The van der Waals surface area contributed by atoms with E-state index >= 15 is 0 Å². The number of aryl methyl sites for hydroxylation is 3. The first-order valence-corrected chi connectivity index (χ1v) is 6.41. The van der Waals surface area contributed by atoms with E-state index in [4.69, 9.17) is 5.73 Å². The molecule has 1 aromatic carbocycles. The number of benzene rings is 1. The lowest BCUT2D eigenvalue weighted by Crippen LogP contribution is -2.11. The third-order valence-electron chi connectivity index (χ3n) is 3.29. The van der Waals surface area contributed by atoms with Crippen LogP contribution >= 0.6 is 0 Å². The van der Waals surface area contributed by atoms with Crippen molar-refractivity contribution in [1.29, 1.82) is 5.26 Å². The molecule has 2 aromatic rings. The average Bonchev–Trinajstić information content (AvgIpc) is 2.65. The third kappa shape index (κ3) is 2.10. The summed E-state index contributed by atoms with van der Waals surface area (Å²) in [7, 11) is 3.70. The van der Waals surface area contributed by atoms with E-state index < -0.39 is 0 Å². The lowest BCUT2D eigenvalue weighted by Gasteiger charge is -2.13. The lowest BCUT2D eigenvalue weighted by molar-refractivity contribution is 0.860. The minimum Gasteiger partial charge on any atom is -0.382 e. The van der Waals surface area contributed by atoms with E-state index in [9.17, 15) is 5.26 Å². The summed E-state index contributed by atoms with van der Waals surface area (Å²) < 4.78 is 1.66. The largest absolute Gasteiger partial charge is 0.382 e. The molecular weight excluding hydrogens is 250 g/mol. The number of hydrogen-bond acceptors (Lipinski definition) is 4. The van der Waals surface area contributed by atoms with Crippen LogP contribution in [0, 0.1) is 32.1 Å². The zero-order valence-corrected chi connectivity index (χ0v) is 12.5. The Bertz CT molecular complexity index is 681. The summed E-state index contributed by atoms with van der Waals surface area (Å²) in [6.45, 7) is 6.11. The molecule has 0 amide bonds. The van der Waals surface area contributed by atoms with Crippen LogP contribution in [0.15, 0.2) is 12.1 Å². The van der Waals surface area contributed by atoms with E-state index in [0.29, 0.717) is 17.2 Å². The highest BCUT2D eigenvalue weighted by atomic mass is 15.4. The maximum absolute atomic E-state index is 9.28. The van der Waals surface area contributed by atoms with Crippen molar-refractivity contribution in [1.82, 2.24) is 9.78 Å². The first-order valence-electron chi connectivity index (χ1n) is 6.41. The van der Waals surface area contributed by atoms with Crippen LogP contribution in [0.2, 0.25) is 0 Å². The zero-order valence-electron chi connectivity index (χ0n) is 12.5. The van der Waals surface area contributed by atoms with Gasteiger partial charge in [0.25, 0.3) is 0 Å². The molecule has 0 saturated carbocycles. The van der Waals surface area contributed by atoms with E-state index in [1.54, 1.807) is 9.58 Å². The van der Waals surface area contributed by atoms with Crippen molar-refractivity contribution in [3.8, 4) is 11.8 Å². The number of nitrogen functional groups attached to an aromatic ring is 1. The minimum absolute atomic E-state index is 0.381. The van der Waals surface area contributed by atoms with Gasteiger partial charge in [-0.05, 0) is 31.9 Å². The van der Waals surface area contributed by atoms with Crippen molar-refractivity contribution in [3.05, 3.63) is 34.4 Å². The summed E-state index contributed by atoms with van der Waals surface area (Å²) in [4.78, 5) is 1.80. The molecule has 2 rings (SSSR count). The second-order valence-electron chi connectivity index (χ2n) is 5.25. The quantitative estimate of drug-likeness (QED) is 0.908. The van der Waals surface area contributed by atoms with E-state index in [-0.39, 0.29) is 0 Å². The van der Waals surface area contributed by atoms with Gasteiger partial charge in [-0.1, -0.05) is 17.7 Å². The second-order valence-corrected chi connectivity index (χ2v) is 5.25. The molecule has 2 N–H and O–H groups in total. The molecule has 0 radical (unpaired) electrons. The van der Waals surface area contributed by atoms with E-state index in [2.05, 4.69) is 30.2 Å². The molecule has 5 nitrogen and oxygen atoms in total. The summed E-state index contributed by atoms with van der Waals surface area (Å²) in [5.74, 6) is 0.968. The fraction of sp³-hybridized carbons (Fsp3) is 0.333. The highest BCUT2D eigenvalue weighted by Crippen LogP contribution is 2.29. The molecule has 1 heterocycles. The van der Waals surface area contributed by atoms with Gasteiger partial charge in [0.05, 0.1) is 5.69 Å². The van der Waals surface area contributed by atoms with Gasteiger partial charge in [0.2, 0.25) is 0 Å². The standard InChI is InChI=1S/C15H19N5/c1-9-6-10(2)13(11(3)7-9)20-14(17)12(8-16)15(18-20)19(4)5/h6-7H,17H2,1-5H3. The topological polar surface area (TPSA) is 70.9 Å². The number of anilines is 2. The van der Waals surface area contributed by atoms with Crippen LogP contribution < -0.4 is 10.6 Å². The Labute approximate surface area is 119 Å². The molecule has 0 spiro atoms. The van der Waals surface area contributed by atoms with Crippen molar-refractivity contribution in [3.63, 3.8) is 0 Å². The number of rotatable bonds is 2. The highest BCUT2D eigenvalue weighted by molar-refractivity contribution is 5.68. The summed E-state index contributed by atoms with van der Waals surface area (Å²) in [6, 6.07) is 6.31. The first kappa shape index (κ1) is 13.9. The second kappa shape index (κ2) is 4.89. The van der Waals surface area contributed by atoms with Crippen molar-refractivity contribution in [2.45, 2.75) is 20.8 Å². The zero-order chi connectivity index (χ0) is 15.0. The molecule has 0 fully saturated rings. The van der Waals surface area contributed by atoms with Crippen molar-refractivity contribution in [2.24, 2.45) is 0 Å². The summed E-state index contributed by atoms with van der Waals surface area (Å²) in [5.41, 5.74) is 10.8. The van der Waals surface area contributed by atoms with Crippen LogP contribution in [0.3, 0.4) is 0 Å². The SMILES string of the molecule is Cc1cc(C)c(-n2nc(N(C)C)c(C#N)c2N)c(C)c1. The van der Waals surface area contributed by atoms with Crippen LogP contribution in [0.25, 0.3) is 5.69 Å². The smallest absolute Gasteiger partial charge is 0.170 e. The molecule has 0 saturated heterocycles. The molecule has 0 bridgehead atoms. The van der Waals surface area contributed by atoms with E-state index in [0.717, 1.165) is 16.8 Å². The van der Waals surface area contributed by atoms with Crippen LogP contribution in [0.4, 0.5) is 11.6 Å². The monoisotopic (exact) mass is 269 g/mol. The van der Waals surface area contributed by atoms with E-state index in [1.807, 2.05) is 27.9 Å². The molecule has 0 atom stereocenters. The lowest BCUT2D eigenvalue weighted by atomic mass is 10.1. The van der Waals surface area contributed by atoms with Gasteiger partial charge in [0.15, 0.2) is 5.82 Å². The number of nitrogens with two attached hydrogens (primary N) is 1. The Kier molecular flexibility index (Phi) is 3.41. The normalized spacial score (nSPS) is 10.4. The predicted octanol–water partition coefficient (Wildman–Crippen LogP) is 2.32. The van der Waals surface area contributed by atoms with Crippen molar-refractivity contribution >= 4 is 11.6 Å². The Morgan fingerprint density at radius 1 is 1.20 bits per heavy atom. The Hall–Kier alpha value is -2.48. The van der Waals surface area contributed by atoms with E-state index in [1.165, 1.54) is 5.56 Å². The van der Waals surface area contributed by atoms with Gasteiger partial charge in [-0.3, -0.25) is 0 Å². The third-order valence-corrected chi connectivity index (χ3v) is 3.29. The van der Waals surface area contributed by atoms with Crippen LogP contribution in [-0.4, -0.2) is 23.9 Å². The van der Waals surface area contributed by atoms with Gasteiger partial charge < -0.3 is 10.6 Å². The summed E-state index contributed by atoms with van der Waals surface area (Å²) in [5, 5.41) is 13.8. The number of nitrogens with zero attached hydrogens (tertiary/aromatic N) is 4. The number of nitriles is 1. The molecule has 0 aliphatic carbocycles. The maximum Gasteiger partial charge on any atom is 0.170 e. The minimum atomic E-state index is 0.381. The molecule has 104 valence electrons. The van der Waals surface area contributed by atoms with Gasteiger partial charge in [-0.2, -0.15) is 5.26 Å². The maximum atomic E-state index is 9.28. The van der Waals surface area contributed by atoms with Crippen molar-refractivity contribution < 1.29 is 0 Å². The van der Waals surface area contributed by atoms with Crippen LogP contribution in [0.1, 0.15) is 22.3 Å². The van der Waals surface area contributed by atoms with Gasteiger partial charge in [-0.25, -0.2) is 4.68 Å². The highest BCUT2D eigenvalue weighted by Gasteiger charge is 2.20. The number of hydrogen-bond donors (Lipinski definition) is 1. The molecule has 20 heavy (non-hydrogen) atoms. The molecule has 0 aliphatic rings. The molecule has 0 unspecified atom stereocenters. The molecule has 5 heteroatoms. The van der Waals surface area contributed by atoms with Crippen molar-refractivity contribution in [2.75, 3.05) is 24.7 Å².